The van der Waals surface area contributed by atoms with E-state index in [-0.39, 0.29) is 24.2 Å². The minimum Gasteiger partial charge on any atom is -0.341 e. The average Bonchev–Trinajstić information content (AvgIpc) is 3.12. The predicted molar refractivity (Wildman–Crippen MR) is 100 cm³/mol. The zero-order chi connectivity index (χ0) is 16.9. The molecule has 2 heterocycles. The normalized spacial score (nSPS) is 22.1. The minimum absolute atomic E-state index is 0. The third-order valence-corrected chi connectivity index (χ3v) is 4.90. The number of hydrogen-bond donors (Lipinski definition) is 2. The Bertz CT molecular complexity index is 578. The summed E-state index contributed by atoms with van der Waals surface area (Å²) in [5.41, 5.74) is 0.581. The number of piperazine rings is 1. The highest BCUT2D eigenvalue weighted by Crippen LogP contribution is 2.17. The average molecular weight is 367 g/mol. The van der Waals surface area contributed by atoms with Gasteiger partial charge in [-0.15, -0.1) is 12.4 Å². The second-order valence-corrected chi connectivity index (χ2v) is 6.57. The van der Waals surface area contributed by atoms with Crippen LogP contribution in [0.3, 0.4) is 0 Å². The van der Waals surface area contributed by atoms with Crippen molar-refractivity contribution in [2.45, 2.75) is 25.4 Å². The van der Waals surface area contributed by atoms with Crippen molar-refractivity contribution >= 4 is 24.2 Å². The molecule has 2 amide bonds. The predicted octanol–water partition coefficient (Wildman–Crippen LogP) is 0.733. The zero-order valence-electron chi connectivity index (χ0n) is 14.6. The summed E-state index contributed by atoms with van der Waals surface area (Å²) in [6, 6.07) is 8.96. The molecule has 25 heavy (non-hydrogen) atoms. The molecule has 0 radical (unpaired) electrons. The van der Waals surface area contributed by atoms with Crippen LogP contribution in [-0.2, 0) is 4.79 Å². The molecule has 2 aliphatic rings. The van der Waals surface area contributed by atoms with Gasteiger partial charge in [0.25, 0.3) is 5.91 Å². The van der Waals surface area contributed by atoms with E-state index in [1.54, 1.807) is 19.1 Å². The van der Waals surface area contributed by atoms with Crippen molar-refractivity contribution in [3.63, 3.8) is 0 Å². The van der Waals surface area contributed by atoms with Gasteiger partial charge >= 0.3 is 0 Å². The lowest BCUT2D eigenvalue weighted by molar-refractivity contribution is -0.131. The molecule has 2 fully saturated rings. The number of benzene rings is 1. The fourth-order valence-electron chi connectivity index (χ4n) is 3.49. The summed E-state index contributed by atoms with van der Waals surface area (Å²) in [4.78, 5) is 29.2. The van der Waals surface area contributed by atoms with Gasteiger partial charge in [-0.2, -0.15) is 0 Å². The Balaban J connectivity index is 0.00000225. The Labute approximate surface area is 155 Å². The summed E-state index contributed by atoms with van der Waals surface area (Å²) >= 11 is 0. The lowest BCUT2D eigenvalue weighted by Gasteiger charge is -2.32. The molecule has 0 saturated carbocycles. The van der Waals surface area contributed by atoms with E-state index in [4.69, 9.17) is 0 Å². The van der Waals surface area contributed by atoms with Crippen LogP contribution in [-0.4, -0.2) is 73.0 Å². The van der Waals surface area contributed by atoms with Crippen LogP contribution in [0.5, 0.6) is 0 Å². The third-order valence-electron chi connectivity index (χ3n) is 4.90. The number of nitrogens with zero attached hydrogens (tertiary/aromatic N) is 2. The Morgan fingerprint density at radius 2 is 1.84 bits per heavy atom. The molecule has 2 atom stereocenters. The first-order chi connectivity index (χ1) is 11.6. The first kappa shape index (κ1) is 19.7. The van der Waals surface area contributed by atoms with Crippen LogP contribution in [0.15, 0.2) is 30.3 Å². The van der Waals surface area contributed by atoms with Gasteiger partial charge < -0.3 is 15.5 Å². The van der Waals surface area contributed by atoms with Crippen LogP contribution < -0.4 is 10.6 Å². The van der Waals surface area contributed by atoms with E-state index in [0.717, 1.165) is 45.7 Å². The van der Waals surface area contributed by atoms with E-state index in [9.17, 15) is 9.59 Å². The molecule has 0 aliphatic carbocycles. The molecule has 2 aliphatic heterocycles. The smallest absolute Gasteiger partial charge is 0.251 e. The molecule has 2 N–H and O–H groups in total. The molecule has 7 heteroatoms. The van der Waals surface area contributed by atoms with Crippen molar-refractivity contribution < 1.29 is 9.59 Å². The Morgan fingerprint density at radius 1 is 1.16 bits per heavy atom. The summed E-state index contributed by atoms with van der Waals surface area (Å²) in [5, 5.41) is 6.17. The van der Waals surface area contributed by atoms with Gasteiger partial charge in [-0.05, 0) is 25.5 Å². The third kappa shape index (κ3) is 4.93. The van der Waals surface area contributed by atoms with E-state index in [2.05, 4.69) is 15.5 Å². The van der Waals surface area contributed by atoms with Gasteiger partial charge in [-0.3, -0.25) is 14.5 Å². The lowest BCUT2D eigenvalue weighted by atomic mass is 10.2. The molecular formula is C18H27ClN4O2. The zero-order valence-corrected chi connectivity index (χ0v) is 15.4. The second-order valence-electron chi connectivity index (χ2n) is 6.57. The number of likely N-dealkylation sites (tertiary alicyclic amines) is 1. The van der Waals surface area contributed by atoms with Crippen LogP contribution >= 0.6 is 12.4 Å². The molecule has 0 bridgehead atoms. The fraction of sp³-hybridized carbons (Fsp3) is 0.556. The summed E-state index contributed by atoms with van der Waals surface area (Å²) in [7, 11) is 0. The highest BCUT2D eigenvalue weighted by atomic mass is 35.5. The van der Waals surface area contributed by atoms with Gasteiger partial charge in [0.2, 0.25) is 5.91 Å². The standard InChI is InChI=1S/C18H26N4O2.ClH/c1-14(20-17(23)15-5-3-2-4-6-15)18(24)22-10-7-16(13-22)21-11-8-19-9-12-21;/h2-6,14,16,19H,7-13H2,1H3,(H,20,23);1H. The van der Waals surface area contributed by atoms with Gasteiger partial charge in [0.1, 0.15) is 6.04 Å². The number of carbonyl (C=O) groups excluding carboxylic acids is 2. The number of rotatable bonds is 4. The van der Waals surface area contributed by atoms with E-state index < -0.39 is 6.04 Å². The van der Waals surface area contributed by atoms with E-state index in [1.807, 2.05) is 23.1 Å². The maximum atomic E-state index is 12.6. The molecule has 0 aromatic heterocycles. The molecule has 1 aromatic carbocycles. The van der Waals surface area contributed by atoms with E-state index in [0.29, 0.717) is 11.6 Å². The van der Waals surface area contributed by atoms with Crippen molar-refractivity contribution in [1.82, 2.24) is 20.4 Å². The van der Waals surface area contributed by atoms with E-state index in [1.165, 1.54) is 0 Å². The summed E-state index contributed by atoms with van der Waals surface area (Å²) in [6.07, 6.45) is 1.02. The first-order valence-electron chi connectivity index (χ1n) is 8.74. The molecule has 2 unspecified atom stereocenters. The van der Waals surface area contributed by atoms with Crippen molar-refractivity contribution in [2.24, 2.45) is 0 Å². The topological polar surface area (TPSA) is 64.7 Å². The van der Waals surface area contributed by atoms with Crippen molar-refractivity contribution in [3.05, 3.63) is 35.9 Å². The van der Waals surface area contributed by atoms with Crippen LogP contribution in [0.25, 0.3) is 0 Å². The van der Waals surface area contributed by atoms with Crippen molar-refractivity contribution in [1.29, 1.82) is 0 Å². The Kier molecular flexibility index (Phi) is 7.23. The molecular weight excluding hydrogens is 340 g/mol. The molecule has 1 aromatic rings. The second kappa shape index (κ2) is 9.17. The summed E-state index contributed by atoms with van der Waals surface area (Å²) in [5.74, 6) is -0.189. The van der Waals surface area contributed by atoms with Gasteiger partial charge in [0.15, 0.2) is 0 Å². The molecule has 3 rings (SSSR count). The SMILES string of the molecule is CC(NC(=O)c1ccccc1)C(=O)N1CCC(N2CCNCC2)C1.Cl. The van der Waals surface area contributed by atoms with Crippen LogP contribution in [0.2, 0.25) is 0 Å². The first-order valence-corrected chi connectivity index (χ1v) is 8.74. The quantitative estimate of drug-likeness (QED) is 0.824. The van der Waals surface area contributed by atoms with Crippen LogP contribution in [0, 0.1) is 0 Å². The Hall–Kier alpha value is -1.63. The monoisotopic (exact) mass is 366 g/mol. The molecule has 0 spiro atoms. The van der Waals surface area contributed by atoms with Crippen molar-refractivity contribution in [2.75, 3.05) is 39.3 Å². The van der Waals surface area contributed by atoms with Gasteiger partial charge in [-0.1, -0.05) is 18.2 Å². The number of hydrogen-bond acceptors (Lipinski definition) is 4. The highest BCUT2D eigenvalue weighted by molar-refractivity contribution is 5.97. The largest absolute Gasteiger partial charge is 0.341 e. The fourth-order valence-corrected chi connectivity index (χ4v) is 3.49. The molecule has 6 nitrogen and oxygen atoms in total. The summed E-state index contributed by atoms with van der Waals surface area (Å²) in [6.45, 7) is 7.45. The summed E-state index contributed by atoms with van der Waals surface area (Å²) < 4.78 is 0. The minimum atomic E-state index is -0.500. The van der Waals surface area contributed by atoms with Gasteiger partial charge in [0, 0.05) is 50.9 Å². The maximum absolute atomic E-state index is 12.6. The highest BCUT2D eigenvalue weighted by Gasteiger charge is 2.33. The lowest BCUT2D eigenvalue weighted by Crippen LogP contribution is -2.50. The van der Waals surface area contributed by atoms with E-state index >= 15 is 0 Å². The van der Waals surface area contributed by atoms with Gasteiger partial charge in [-0.25, -0.2) is 0 Å². The molecule has 2 saturated heterocycles. The number of carbonyl (C=O) groups is 2. The molecule has 138 valence electrons. The van der Waals surface area contributed by atoms with Crippen LogP contribution in [0.1, 0.15) is 23.7 Å². The maximum Gasteiger partial charge on any atom is 0.251 e. The van der Waals surface area contributed by atoms with Gasteiger partial charge in [0.05, 0.1) is 0 Å². The Morgan fingerprint density at radius 3 is 2.52 bits per heavy atom. The number of nitrogens with one attached hydrogen (secondary N) is 2. The number of halogens is 1. The van der Waals surface area contributed by atoms with Crippen molar-refractivity contribution in [3.8, 4) is 0 Å². The van der Waals surface area contributed by atoms with Crippen LogP contribution in [0.4, 0.5) is 0 Å². The number of amides is 2.